The summed E-state index contributed by atoms with van der Waals surface area (Å²) in [6.45, 7) is 4.63. The third-order valence-electron chi connectivity index (χ3n) is 7.07. The van der Waals surface area contributed by atoms with Gasteiger partial charge in [0, 0.05) is 6.42 Å². The van der Waals surface area contributed by atoms with E-state index in [1.807, 2.05) is 28.1 Å². The van der Waals surface area contributed by atoms with E-state index in [1.54, 1.807) is 0 Å². The number of hydrogen-bond donors (Lipinski definition) is 1. The summed E-state index contributed by atoms with van der Waals surface area (Å²) in [5, 5.41) is 0. The minimum atomic E-state index is -3.55. The fourth-order valence-electron chi connectivity index (χ4n) is 4.91. The fraction of sp³-hybridized carbons (Fsp3) is 0.933. The summed E-state index contributed by atoms with van der Waals surface area (Å²) >= 11 is 0. The highest BCUT2D eigenvalue weighted by atomic mass is 31.2. The summed E-state index contributed by atoms with van der Waals surface area (Å²) in [7, 11) is 2.32. The maximum atomic E-state index is 12.5. The first-order chi connectivity index (χ1) is 16.8. The molecule has 0 spiro atoms. The molecule has 1 N–H and O–H groups in total. The molecule has 0 amide bonds. The molecule has 0 rings (SSSR count). The van der Waals surface area contributed by atoms with Crippen molar-refractivity contribution < 1.29 is 18.5 Å². The maximum absolute atomic E-state index is 12.5. The summed E-state index contributed by atoms with van der Waals surface area (Å²) in [5.41, 5.74) is 0. The molecule has 4 nitrogen and oxygen atoms in total. The Balaban J connectivity index is 3.36. The van der Waals surface area contributed by atoms with Gasteiger partial charge in [0.15, 0.2) is 5.78 Å². The predicted molar refractivity (Wildman–Crippen MR) is 155 cm³/mol. The van der Waals surface area contributed by atoms with Gasteiger partial charge in [-0.2, -0.15) is 0 Å². The third kappa shape index (κ3) is 21.6. The van der Waals surface area contributed by atoms with Crippen molar-refractivity contribution in [2.75, 3.05) is 27.7 Å². The van der Waals surface area contributed by atoms with Crippen LogP contribution in [-0.2, 0) is 9.09 Å². The van der Waals surface area contributed by atoms with Crippen LogP contribution < -0.4 is 0 Å². The number of hydrogen-bond acceptors (Lipinski definition) is 2. The van der Waals surface area contributed by atoms with E-state index in [4.69, 9.17) is 4.52 Å². The van der Waals surface area contributed by atoms with Gasteiger partial charge >= 0.3 is 7.60 Å². The molecule has 0 radical (unpaired) electrons. The molecule has 0 aromatic heterocycles. The summed E-state index contributed by atoms with van der Waals surface area (Å²) in [4.78, 5) is 10.3. The molecule has 0 saturated heterocycles. The van der Waals surface area contributed by atoms with E-state index >= 15 is 0 Å². The average molecular weight is 517 g/mol. The van der Waals surface area contributed by atoms with Gasteiger partial charge in [-0.25, -0.2) is 0 Å². The second-order valence-electron chi connectivity index (χ2n) is 11.5. The van der Waals surface area contributed by atoms with Gasteiger partial charge in [-0.05, 0) is 32.1 Å². The van der Waals surface area contributed by atoms with E-state index < -0.39 is 7.60 Å². The Morgan fingerprint density at radius 3 is 1.40 bits per heavy atom. The first-order valence-electron chi connectivity index (χ1n) is 15.2. The van der Waals surface area contributed by atoms with E-state index in [-0.39, 0.29) is 5.78 Å². The molecule has 0 aromatic carbocycles. The van der Waals surface area contributed by atoms with Crippen molar-refractivity contribution in [3.05, 3.63) is 12.2 Å². The molecule has 0 fully saturated rings. The zero-order valence-electron chi connectivity index (χ0n) is 24.4. The third-order valence-corrected chi connectivity index (χ3v) is 9.43. The number of allylic oxidation sites excluding steroid dienone is 2. The molecule has 0 aromatic rings. The van der Waals surface area contributed by atoms with Gasteiger partial charge in [0.25, 0.3) is 0 Å². The fourth-order valence-corrected chi connectivity index (χ4v) is 6.81. The van der Waals surface area contributed by atoms with Crippen LogP contribution in [0.4, 0.5) is 0 Å². The zero-order chi connectivity index (χ0) is 26.3. The van der Waals surface area contributed by atoms with Crippen molar-refractivity contribution in [2.45, 2.75) is 154 Å². The lowest BCUT2D eigenvalue weighted by molar-refractivity contribution is -0.883. The molecular formula is C30H63NO3P+. The molecule has 0 aliphatic carbocycles. The van der Waals surface area contributed by atoms with E-state index in [1.165, 1.54) is 116 Å². The highest BCUT2D eigenvalue weighted by molar-refractivity contribution is 7.53. The van der Waals surface area contributed by atoms with E-state index in [0.717, 1.165) is 12.8 Å². The van der Waals surface area contributed by atoms with E-state index in [2.05, 4.69) is 19.1 Å². The van der Waals surface area contributed by atoms with Crippen LogP contribution in [0.5, 0.6) is 0 Å². The lowest BCUT2D eigenvalue weighted by atomic mass is 10.0. The van der Waals surface area contributed by atoms with Crippen molar-refractivity contribution in [2.24, 2.45) is 0 Å². The molecule has 210 valence electrons. The van der Waals surface area contributed by atoms with Gasteiger partial charge in [-0.15, -0.1) is 0 Å². The Hall–Kier alpha value is -0.150. The highest BCUT2D eigenvalue weighted by Gasteiger charge is 2.41. The lowest BCUT2D eigenvalue weighted by Crippen LogP contribution is -2.44. The predicted octanol–water partition coefficient (Wildman–Crippen LogP) is 10.0. The van der Waals surface area contributed by atoms with Crippen LogP contribution in [0.1, 0.15) is 149 Å². The van der Waals surface area contributed by atoms with Gasteiger partial charge in [0.05, 0.1) is 27.7 Å². The molecule has 0 aliphatic rings. The highest BCUT2D eigenvalue weighted by Crippen LogP contribution is 2.51. The molecule has 0 aliphatic heterocycles. The zero-order valence-corrected chi connectivity index (χ0v) is 25.3. The first kappa shape index (κ1) is 34.9. The van der Waals surface area contributed by atoms with Crippen LogP contribution in [0.15, 0.2) is 12.2 Å². The smallest absolute Gasteiger partial charge is 0.320 e. The monoisotopic (exact) mass is 516 g/mol. The molecular weight excluding hydrogens is 453 g/mol. The number of rotatable bonds is 26. The van der Waals surface area contributed by atoms with Gasteiger partial charge in [-0.3, -0.25) is 4.57 Å². The normalized spacial score (nSPS) is 15.0. The summed E-state index contributed by atoms with van der Waals surface area (Å²) in [6.07, 6.45) is 31.8. The van der Waals surface area contributed by atoms with Gasteiger partial charge in [0.2, 0.25) is 0 Å². The Morgan fingerprint density at radius 1 is 0.657 bits per heavy atom. The van der Waals surface area contributed by atoms with Gasteiger partial charge in [-0.1, -0.05) is 122 Å². The minimum absolute atomic E-state index is 0.347. The quantitative estimate of drug-likeness (QED) is 0.0538. The van der Waals surface area contributed by atoms with Crippen LogP contribution in [0.3, 0.4) is 0 Å². The Kier molecular flexibility index (Phi) is 22.9. The van der Waals surface area contributed by atoms with Crippen molar-refractivity contribution in [3.8, 4) is 0 Å². The van der Waals surface area contributed by atoms with Gasteiger partial charge < -0.3 is 13.9 Å². The number of unbranched alkanes of at least 4 members (excludes halogenated alkanes) is 18. The molecule has 0 saturated carbocycles. The molecule has 2 atom stereocenters. The molecule has 0 bridgehead atoms. The van der Waals surface area contributed by atoms with Crippen LogP contribution >= 0.6 is 7.60 Å². The number of nitrogens with zero attached hydrogens (tertiary/aromatic N) is 1. The molecule has 5 heteroatoms. The van der Waals surface area contributed by atoms with E-state index in [0.29, 0.717) is 17.5 Å². The Bertz CT molecular complexity index is 530. The van der Waals surface area contributed by atoms with Gasteiger partial charge in [0.1, 0.15) is 0 Å². The van der Waals surface area contributed by atoms with Crippen LogP contribution in [0, 0.1) is 0 Å². The first-order valence-corrected chi connectivity index (χ1v) is 16.8. The second-order valence-corrected chi connectivity index (χ2v) is 13.4. The molecule has 0 heterocycles. The SMILES string of the molecule is CCCCC/C=C\CCCCCCCCCCCCCCCCCOP(=O)(O)C(CC)[N+](C)(C)C. The minimum Gasteiger partial charge on any atom is -0.320 e. The lowest BCUT2D eigenvalue weighted by Gasteiger charge is -2.35. The largest absolute Gasteiger partial charge is 0.385 e. The standard InChI is InChI=1S/C30H62NO3P/c1-6-8-9-10-11-12-13-14-15-16-17-18-19-20-21-22-23-24-25-26-27-28-29-34-35(32,33)30(7-2)31(3,4)5/h11-12,30H,6-10,13-29H2,1-5H3/p+1/b12-11-. The average Bonchev–Trinajstić information content (AvgIpc) is 2.78. The summed E-state index contributed by atoms with van der Waals surface area (Å²) in [6, 6.07) is 0. The molecule has 2 unspecified atom stereocenters. The molecule has 35 heavy (non-hydrogen) atoms. The van der Waals surface area contributed by atoms with E-state index in [9.17, 15) is 9.46 Å². The van der Waals surface area contributed by atoms with Crippen molar-refractivity contribution in [1.29, 1.82) is 0 Å². The summed E-state index contributed by atoms with van der Waals surface area (Å²) in [5.74, 6) is -0.347. The maximum Gasteiger partial charge on any atom is 0.385 e. The van der Waals surface area contributed by atoms with Crippen LogP contribution in [-0.4, -0.2) is 42.9 Å². The van der Waals surface area contributed by atoms with Crippen molar-refractivity contribution >= 4 is 7.60 Å². The second kappa shape index (κ2) is 23.0. The summed E-state index contributed by atoms with van der Waals surface area (Å²) < 4.78 is 18.4. The number of quaternary nitrogens is 1. The Labute approximate surface area is 220 Å². The topological polar surface area (TPSA) is 46.5 Å². The van der Waals surface area contributed by atoms with Crippen molar-refractivity contribution in [1.82, 2.24) is 0 Å². The Morgan fingerprint density at radius 2 is 1.03 bits per heavy atom. The van der Waals surface area contributed by atoms with Crippen LogP contribution in [0.25, 0.3) is 0 Å². The van der Waals surface area contributed by atoms with Crippen molar-refractivity contribution in [3.63, 3.8) is 0 Å². The van der Waals surface area contributed by atoms with Crippen LogP contribution in [0.2, 0.25) is 0 Å².